The van der Waals surface area contributed by atoms with Gasteiger partial charge in [0.25, 0.3) is 5.91 Å². The first-order valence-corrected chi connectivity index (χ1v) is 7.98. The van der Waals surface area contributed by atoms with Crippen LogP contribution in [0.5, 0.6) is 5.75 Å². The molecule has 0 aliphatic carbocycles. The number of esters is 1. The number of rotatable bonds is 4. The van der Waals surface area contributed by atoms with Crippen molar-refractivity contribution in [3.05, 3.63) is 65.2 Å². The van der Waals surface area contributed by atoms with Crippen molar-refractivity contribution in [2.24, 2.45) is 5.10 Å². The zero-order chi connectivity index (χ0) is 18.4. The van der Waals surface area contributed by atoms with Gasteiger partial charge in [0.2, 0.25) is 0 Å². The van der Waals surface area contributed by atoms with Gasteiger partial charge in [-0.05, 0) is 52.9 Å². The fraction of sp³-hybridized carbons (Fsp3) is 0.250. The van der Waals surface area contributed by atoms with E-state index in [0.29, 0.717) is 11.3 Å². The molecule has 0 unspecified atom stereocenters. The van der Waals surface area contributed by atoms with Gasteiger partial charge in [0.05, 0.1) is 6.21 Å². The van der Waals surface area contributed by atoms with Crippen molar-refractivity contribution in [2.45, 2.75) is 33.1 Å². The van der Waals surface area contributed by atoms with Crippen LogP contribution in [0.15, 0.2) is 53.6 Å². The maximum atomic E-state index is 12.1. The predicted molar refractivity (Wildman–Crippen MR) is 98.0 cm³/mol. The molecule has 5 nitrogen and oxygen atoms in total. The van der Waals surface area contributed by atoms with Crippen LogP contribution in [0.4, 0.5) is 0 Å². The molecule has 0 fully saturated rings. The SMILES string of the molecule is CC(=O)Oc1ccc(/C=N\NC(=O)c2ccc(C(C)(C)C)cc2)cc1. The van der Waals surface area contributed by atoms with Crippen LogP contribution in [-0.4, -0.2) is 18.1 Å². The van der Waals surface area contributed by atoms with Crippen LogP contribution in [0.25, 0.3) is 0 Å². The van der Waals surface area contributed by atoms with E-state index < -0.39 is 0 Å². The van der Waals surface area contributed by atoms with E-state index in [-0.39, 0.29) is 17.3 Å². The smallest absolute Gasteiger partial charge is 0.308 e. The van der Waals surface area contributed by atoms with E-state index in [2.05, 4.69) is 31.3 Å². The quantitative estimate of drug-likeness (QED) is 0.400. The van der Waals surface area contributed by atoms with Gasteiger partial charge in [-0.2, -0.15) is 5.10 Å². The number of carbonyl (C=O) groups excluding carboxylic acids is 2. The Bertz CT molecular complexity index is 770. The van der Waals surface area contributed by atoms with Crippen molar-refractivity contribution in [2.75, 3.05) is 0 Å². The van der Waals surface area contributed by atoms with E-state index >= 15 is 0 Å². The zero-order valence-electron chi connectivity index (χ0n) is 14.9. The Balaban J connectivity index is 1.95. The molecule has 1 N–H and O–H groups in total. The van der Waals surface area contributed by atoms with Crippen LogP contribution in [0.2, 0.25) is 0 Å². The Hall–Kier alpha value is -2.95. The molecule has 0 bridgehead atoms. The first-order chi connectivity index (χ1) is 11.8. The summed E-state index contributed by atoms with van der Waals surface area (Å²) >= 11 is 0. The monoisotopic (exact) mass is 338 g/mol. The van der Waals surface area contributed by atoms with Crippen LogP contribution in [0.3, 0.4) is 0 Å². The largest absolute Gasteiger partial charge is 0.427 e. The predicted octanol–water partition coefficient (Wildman–Crippen LogP) is 3.67. The Morgan fingerprint density at radius 1 is 1.00 bits per heavy atom. The number of hydrogen-bond acceptors (Lipinski definition) is 4. The van der Waals surface area contributed by atoms with Crippen molar-refractivity contribution in [3.63, 3.8) is 0 Å². The standard InChI is InChI=1S/C20H22N2O3/c1-14(23)25-18-11-5-15(6-12-18)13-21-22-19(24)16-7-9-17(10-8-16)20(2,3)4/h5-13H,1-4H3,(H,22,24)/b21-13-. The highest BCUT2D eigenvalue weighted by molar-refractivity contribution is 5.94. The number of carbonyl (C=O) groups is 2. The fourth-order valence-electron chi connectivity index (χ4n) is 2.14. The summed E-state index contributed by atoms with van der Waals surface area (Å²) in [6.07, 6.45) is 1.53. The molecule has 130 valence electrons. The molecule has 0 aliphatic heterocycles. The van der Waals surface area contributed by atoms with E-state index in [9.17, 15) is 9.59 Å². The van der Waals surface area contributed by atoms with E-state index in [4.69, 9.17) is 4.74 Å². The van der Waals surface area contributed by atoms with Crippen LogP contribution in [0.1, 0.15) is 49.2 Å². The molecule has 5 heteroatoms. The lowest BCUT2D eigenvalue weighted by Crippen LogP contribution is -2.18. The summed E-state index contributed by atoms with van der Waals surface area (Å²) in [5.74, 6) is -0.174. The Kier molecular flexibility index (Phi) is 5.70. The third kappa shape index (κ3) is 5.57. The molecule has 0 saturated carbocycles. The second-order valence-electron chi connectivity index (χ2n) is 6.69. The highest BCUT2D eigenvalue weighted by Crippen LogP contribution is 2.22. The van der Waals surface area contributed by atoms with E-state index in [1.807, 2.05) is 12.1 Å². The van der Waals surface area contributed by atoms with Crippen LogP contribution in [0, 0.1) is 0 Å². The number of benzene rings is 2. The van der Waals surface area contributed by atoms with E-state index in [1.165, 1.54) is 18.7 Å². The van der Waals surface area contributed by atoms with Crippen molar-refractivity contribution in [3.8, 4) is 5.75 Å². The average molecular weight is 338 g/mol. The molecule has 0 saturated heterocycles. The first kappa shape index (κ1) is 18.4. The van der Waals surface area contributed by atoms with Crippen molar-refractivity contribution in [1.29, 1.82) is 0 Å². The molecule has 0 radical (unpaired) electrons. The number of nitrogens with one attached hydrogen (secondary N) is 1. The van der Waals surface area contributed by atoms with E-state index in [0.717, 1.165) is 5.56 Å². The molecular weight excluding hydrogens is 316 g/mol. The second-order valence-corrected chi connectivity index (χ2v) is 6.69. The zero-order valence-corrected chi connectivity index (χ0v) is 14.9. The molecule has 0 aromatic heterocycles. The number of amides is 1. The molecule has 1 amide bonds. The normalized spacial score (nSPS) is 11.4. The fourth-order valence-corrected chi connectivity index (χ4v) is 2.14. The minimum absolute atomic E-state index is 0.0470. The number of nitrogens with zero attached hydrogens (tertiary/aromatic N) is 1. The molecule has 2 rings (SSSR count). The summed E-state index contributed by atoms with van der Waals surface area (Å²) in [6, 6.07) is 14.3. The summed E-state index contributed by atoms with van der Waals surface area (Å²) in [7, 11) is 0. The molecule has 0 heterocycles. The molecule has 2 aromatic rings. The summed E-state index contributed by atoms with van der Waals surface area (Å²) in [6.45, 7) is 7.72. The van der Waals surface area contributed by atoms with E-state index in [1.54, 1.807) is 36.4 Å². The Morgan fingerprint density at radius 2 is 1.60 bits per heavy atom. The van der Waals surface area contributed by atoms with Crippen molar-refractivity contribution in [1.82, 2.24) is 5.43 Å². The molecular formula is C20H22N2O3. The van der Waals surface area contributed by atoms with Crippen molar-refractivity contribution < 1.29 is 14.3 Å². The summed E-state index contributed by atoms with van der Waals surface area (Å²) in [5.41, 5.74) is 5.04. The molecule has 25 heavy (non-hydrogen) atoms. The minimum atomic E-state index is -0.369. The number of hydrazone groups is 1. The average Bonchev–Trinajstić information content (AvgIpc) is 2.55. The van der Waals surface area contributed by atoms with Crippen LogP contribution < -0.4 is 10.2 Å². The highest BCUT2D eigenvalue weighted by atomic mass is 16.5. The molecule has 2 aromatic carbocycles. The third-order valence-corrected chi connectivity index (χ3v) is 3.53. The van der Waals surface area contributed by atoms with Gasteiger partial charge < -0.3 is 4.74 Å². The lowest BCUT2D eigenvalue weighted by Gasteiger charge is -2.18. The minimum Gasteiger partial charge on any atom is -0.427 e. The maximum Gasteiger partial charge on any atom is 0.308 e. The summed E-state index contributed by atoms with van der Waals surface area (Å²) in [4.78, 5) is 22.9. The van der Waals surface area contributed by atoms with Gasteiger partial charge in [0.15, 0.2) is 0 Å². The summed E-state index contributed by atoms with van der Waals surface area (Å²) in [5, 5.41) is 3.95. The van der Waals surface area contributed by atoms with Gasteiger partial charge in [-0.3, -0.25) is 9.59 Å². The maximum absolute atomic E-state index is 12.1. The van der Waals surface area contributed by atoms with Gasteiger partial charge in [-0.25, -0.2) is 5.43 Å². The second kappa shape index (κ2) is 7.75. The van der Waals surface area contributed by atoms with Crippen LogP contribution in [-0.2, 0) is 10.2 Å². The first-order valence-electron chi connectivity index (χ1n) is 7.98. The number of hydrogen-bond donors (Lipinski definition) is 1. The Labute approximate surface area is 147 Å². The summed E-state index contributed by atoms with van der Waals surface area (Å²) < 4.78 is 4.95. The van der Waals surface area contributed by atoms with Gasteiger partial charge in [0.1, 0.15) is 5.75 Å². The molecule has 0 atom stereocenters. The lowest BCUT2D eigenvalue weighted by atomic mass is 9.87. The molecule has 0 spiro atoms. The highest BCUT2D eigenvalue weighted by Gasteiger charge is 2.14. The third-order valence-electron chi connectivity index (χ3n) is 3.53. The number of ether oxygens (including phenoxy) is 1. The van der Waals surface area contributed by atoms with Crippen molar-refractivity contribution >= 4 is 18.1 Å². The van der Waals surface area contributed by atoms with Gasteiger partial charge in [0, 0.05) is 12.5 Å². The van der Waals surface area contributed by atoms with Gasteiger partial charge in [-0.15, -0.1) is 0 Å². The van der Waals surface area contributed by atoms with Gasteiger partial charge in [-0.1, -0.05) is 32.9 Å². The molecule has 0 aliphatic rings. The van der Waals surface area contributed by atoms with Gasteiger partial charge >= 0.3 is 5.97 Å². The lowest BCUT2D eigenvalue weighted by molar-refractivity contribution is -0.131. The van der Waals surface area contributed by atoms with Crippen LogP contribution >= 0.6 is 0 Å². The Morgan fingerprint density at radius 3 is 2.12 bits per heavy atom. The topological polar surface area (TPSA) is 67.8 Å².